The van der Waals surface area contributed by atoms with Crippen LogP contribution in [0.1, 0.15) is 11.1 Å². The predicted molar refractivity (Wildman–Crippen MR) is 75.1 cm³/mol. The quantitative estimate of drug-likeness (QED) is 0.645. The molecule has 2 aromatic heterocycles. The Kier molecular flexibility index (Phi) is 5.17. The van der Waals surface area contributed by atoms with E-state index in [0.717, 1.165) is 11.1 Å². The van der Waals surface area contributed by atoms with Crippen LogP contribution in [0.2, 0.25) is 0 Å². The van der Waals surface area contributed by atoms with E-state index in [2.05, 4.69) is 39.0 Å². The van der Waals surface area contributed by atoms with E-state index >= 15 is 0 Å². The van der Waals surface area contributed by atoms with Gasteiger partial charge in [0.05, 0.1) is 13.1 Å². The Morgan fingerprint density at radius 1 is 0.737 bits per heavy atom. The average molecular weight is 247 g/mol. The zero-order chi connectivity index (χ0) is 13.2. The van der Waals surface area contributed by atoms with Crippen LogP contribution in [0.4, 0.5) is 0 Å². The lowest BCUT2D eigenvalue weighted by molar-refractivity contribution is 0.871. The Morgan fingerprint density at radius 2 is 1.16 bits per heavy atom. The van der Waals surface area contributed by atoms with E-state index in [1.165, 1.54) is 0 Å². The topological polar surface area (TPSA) is 37.8 Å². The highest BCUT2D eigenvalue weighted by Gasteiger charge is 1.83. The molecule has 0 spiro atoms. The van der Waals surface area contributed by atoms with Crippen molar-refractivity contribution < 1.29 is 0 Å². The molecule has 3 heteroatoms. The molecule has 2 rings (SSSR count). The summed E-state index contributed by atoms with van der Waals surface area (Å²) in [5.74, 6) is 12.2. The fourth-order valence-corrected chi connectivity index (χ4v) is 1.35. The van der Waals surface area contributed by atoms with Crippen LogP contribution in [0.5, 0.6) is 0 Å². The maximum atomic E-state index is 3.94. The third-order valence-corrected chi connectivity index (χ3v) is 2.25. The van der Waals surface area contributed by atoms with E-state index < -0.39 is 0 Å². The lowest BCUT2D eigenvalue weighted by Crippen LogP contribution is -2.13. The molecular formula is C16H13N3. The van der Waals surface area contributed by atoms with E-state index in [0.29, 0.717) is 13.1 Å². The average Bonchev–Trinajstić information content (AvgIpc) is 2.48. The van der Waals surface area contributed by atoms with Gasteiger partial charge < -0.3 is 0 Å². The minimum Gasteiger partial charge on any atom is -0.295 e. The molecule has 3 nitrogen and oxygen atoms in total. The van der Waals surface area contributed by atoms with Crippen LogP contribution in [0.3, 0.4) is 0 Å². The Labute approximate surface area is 113 Å². The van der Waals surface area contributed by atoms with Crippen molar-refractivity contribution in [3.8, 4) is 23.7 Å². The molecule has 0 aliphatic carbocycles. The molecule has 0 saturated heterocycles. The van der Waals surface area contributed by atoms with Gasteiger partial charge in [0.2, 0.25) is 0 Å². The van der Waals surface area contributed by atoms with Gasteiger partial charge in [0, 0.05) is 35.9 Å². The second-order valence-electron chi connectivity index (χ2n) is 3.68. The Morgan fingerprint density at radius 3 is 1.58 bits per heavy atom. The largest absolute Gasteiger partial charge is 0.295 e. The van der Waals surface area contributed by atoms with Crippen molar-refractivity contribution in [3.05, 3.63) is 60.2 Å². The van der Waals surface area contributed by atoms with Gasteiger partial charge in [-0.2, -0.15) is 0 Å². The minimum atomic E-state index is 0.618. The van der Waals surface area contributed by atoms with Crippen molar-refractivity contribution in [1.29, 1.82) is 0 Å². The van der Waals surface area contributed by atoms with Gasteiger partial charge in [-0.25, -0.2) is 0 Å². The van der Waals surface area contributed by atoms with Crippen molar-refractivity contribution in [2.75, 3.05) is 13.1 Å². The molecule has 92 valence electrons. The monoisotopic (exact) mass is 247 g/mol. The number of pyridine rings is 2. The highest BCUT2D eigenvalue weighted by molar-refractivity contribution is 5.33. The summed E-state index contributed by atoms with van der Waals surface area (Å²) < 4.78 is 0. The van der Waals surface area contributed by atoms with E-state index in [1.807, 2.05) is 24.3 Å². The maximum Gasteiger partial charge on any atom is 0.0587 e. The SMILES string of the molecule is C(#Cc1ccncc1)CNCC#Cc1ccncc1. The highest BCUT2D eigenvalue weighted by Crippen LogP contribution is 1.92. The smallest absolute Gasteiger partial charge is 0.0587 e. The van der Waals surface area contributed by atoms with Gasteiger partial charge in [0.25, 0.3) is 0 Å². The zero-order valence-electron chi connectivity index (χ0n) is 10.4. The van der Waals surface area contributed by atoms with Crippen LogP contribution in [-0.4, -0.2) is 23.1 Å². The molecule has 0 aliphatic rings. The first-order chi connectivity index (χ1) is 9.45. The van der Waals surface area contributed by atoms with Crippen molar-refractivity contribution in [3.63, 3.8) is 0 Å². The van der Waals surface area contributed by atoms with Gasteiger partial charge >= 0.3 is 0 Å². The number of aromatic nitrogens is 2. The molecule has 19 heavy (non-hydrogen) atoms. The van der Waals surface area contributed by atoms with Gasteiger partial charge in [-0.3, -0.25) is 15.3 Å². The van der Waals surface area contributed by atoms with E-state index in [4.69, 9.17) is 0 Å². The van der Waals surface area contributed by atoms with Crippen LogP contribution < -0.4 is 5.32 Å². The minimum absolute atomic E-state index is 0.618. The van der Waals surface area contributed by atoms with E-state index in [-0.39, 0.29) is 0 Å². The standard InChI is InChI=1S/C16H13N3/c1(3-15-5-11-18-12-6-15)9-17-10-2-4-16-7-13-19-14-8-16/h5-8,11-14,17H,9-10H2. The summed E-state index contributed by atoms with van der Waals surface area (Å²) in [5.41, 5.74) is 1.94. The number of nitrogens with zero attached hydrogens (tertiary/aromatic N) is 2. The summed E-state index contributed by atoms with van der Waals surface area (Å²) in [5, 5.41) is 3.15. The van der Waals surface area contributed by atoms with Gasteiger partial charge in [0.15, 0.2) is 0 Å². The summed E-state index contributed by atoms with van der Waals surface area (Å²) in [6.07, 6.45) is 6.94. The predicted octanol–water partition coefficient (Wildman–Crippen LogP) is 1.47. The fraction of sp³-hybridized carbons (Fsp3) is 0.125. The third-order valence-electron chi connectivity index (χ3n) is 2.25. The molecule has 0 aromatic carbocycles. The highest BCUT2D eigenvalue weighted by atomic mass is 14.8. The van der Waals surface area contributed by atoms with Crippen molar-refractivity contribution in [2.45, 2.75) is 0 Å². The second kappa shape index (κ2) is 7.66. The first kappa shape index (κ1) is 12.8. The molecule has 0 fully saturated rings. The summed E-state index contributed by atoms with van der Waals surface area (Å²) in [6, 6.07) is 7.54. The molecule has 2 heterocycles. The molecule has 1 N–H and O–H groups in total. The molecule has 0 radical (unpaired) electrons. The van der Waals surface area contributed by atoms with Gasteiger partial charge in [0.1, 0.15) is 0 Å². The molecule has 0 amide bonds. The van der Waals surface area contributed by atoms with Gasteiger partial charge in [-0.1, -0.05) is 23.7 Å². The molecule has 0 atom stereocenters. The summed E-state index contributed by atoms with van der Waals surface area (Å²) in [4.78, 5) is 7.87. The molecule has 0 bridgehead atoms. The van der Waals surface area contributed by atoms with Crippen LogP contribution >= 0.6 is 0 Å². The molecule has 0 aliphatic heterocycles. The van der Waals surface area contributed by atoms with Crippen molar-refractivity contribution in [2.24, 2.45) is 0 Å². The summed E-state index contributed by atoms with van der Waals surface area (Å²) >= 11 is 0. The number of nitrogens with one attached hydrogen (secondary N) is 1. The van der Waals surface area contributed by atoms with Gasteiger partial charge in [-0.15, -0.1) is 0 Å². The van der Waals surface area contributed by atoms with Crippen LogP contribution in [0, 0.1) is 23.7 Å². The molecular weight excluding hydrogens is 234 g/mol. The number of hydrogen-bond acceptors (Lipinski definition) is 3. The summed E-state index contributed by atoms with van der Waals surface area (Å²) in [7, 11) is 0. The zero-order valence-corrected chi connectivity index (χ0v) is 10.4. The number of rotatable bonds is 2. The second-order valence-corrected chi connectivity index (χ2v) is 3.68. The van der Waals surface area contributed by atoms with Crippen molar-refractivity contribution >= 4 is 0 Å². The molecule has 0 unspecified atom stereocenters. The van der Waals surface area contributed by atoms with Crippen molar-refractivity contribution in [1.82, 2.24) is 15.3 Å². The van der Waals surface area contributed by atoms with Crippen LogP contribution in [0.15, 0.2) is 49.1 Å². The Hall–Kier alpha value is -2.62. The maximum absolute atomic E-state index is 3.94. The van der Waals surface area contributed by atoms with Gasteiger partial charge in [-0.05, 0) is 24.3 Å². The first-order valence-corrected chi connectivity index (χ1v) is 5.94. The lowest BCUT2D eigenvalue weighted by Gasteiger charge is -1.91. The number of hydrogen-bond donors (Lipinski definition) is 1. The Balaban J connectivity index is 1.71. The normalized spacial score (nSPS) is 8.84. The van der Waals surface area contributed by atoms with E-state index in [9.17, 15) is 0 Å². The van der Waals surface area contributed by atoms with E-state index in [1.54, 1.807) is 24.8 Å². The van der Waals surface area contributed by atoms with Crippen LogP contribution in [-0.2, 0) is 0 Å². The third kappa shape index (κ3) is 5.04. The first-order valence-electron chi connectivity index (χ1n) is 5.94. The van der Waals surface area contributed by atoms with Crippen LogP contribution in [0.25, 0.3) is 0 Å². The fourth-order valence-electron chi connectivity index (χ4n) is 1.35. The lowest BCUT2D eigenvalue weighted by atomic mass is 10.3. The molecule has 2 aromatic rings. The molecule has 0 saturated carbocycles. The Bertz CT molecular complexity index is 556. The summed E-state index contributed by atoms with van der Waals surface area (Å²) in [6.45, 7) is 1.24.